The second kappa shape index (κ2) is 9.54. The minimum Gasteiger partial charge on any atom is -0.492 e. The molecule has 1 saturated heterocycles. The molecule has 4 rings (SSSR count). The number of amides is 1. The molecule has 2 aliphatic rings. The van der Waals surface area contributed by atoms with Gasteiger partial charge < -0.3 is 24.3 Å². The minimum absolute atomic E-state index is 0.142. The normalized spacial score (nSPS) is 18.9. The number of carbonyl (C=O) groups is 1. The van der Waals surface area contributed by atoms with Gasteiger partial charge in [-0.15, -0.1) is 0 Å². The molecule has 9 nitrogen and oxygen atoms in total. The first-order chi connectivity index (χ1) is 15.0. The highest BCUT2D eigenvalue weighted by Gasteiger charge is 2.27. The SMILES string of the molecule is O=C(NCCOc1ccc(S(=O)(=O)N2CCOCC2)cc1)C1COc2ccccc2O1. The minimum atomic E-state index is -3.53. The number of sulfonamides is 1. The molecule has 0 aliphatic carbocycles. The highest BCUT2D eigenvalue weighted by Crippen LogP contribution is 2.30. The summed E-state index contributed by atoms with van der Waals surface area (Å²) in [4.78, 5) is 12.5. The molecule has 2 aromatic carbocycles. The van der Waals surface area contributed by atoms with Crippen LogP contribution < -0.4 is 19.5 Å². The Morgan fingerprint density at radius 1 is 1.06 bits per heavy atom. The number of para-hydroxylation sites is 2. The zero-order valence-corrected chi connectivity index (χ0v) is 17.7. The Hall–Kier alpha value is -2.82. The molecular weight excluding hydrogens is 424 g/mol. The predicted molar refractivity (Wildman–Crippen MR) is 111 cm³/mol. The van der Waals surface area contributed by atoms with Crippen LogP contribution in [0.5, 0.6) is 17.2 Å². The van der Waals surface area contributed by atoms with Crippen LogP contribution in [0.25, 0.3) is 0 Å². The van der Waals surface area contributed by atoms with Gasteiger partial charge in [0.1, 0.15) is 19.0 Å². The third kappa shape index (κ3) is 5.09. The van der Waals surface area contributed by atoms with Crippen molar-refractivity contribution in [1.82, 2.24) is 9.62 Å². The van der Waals surface area contributed by atoms with Gasteiger partial charge >= 0.3 is 0 Å². The predicted octanol–water partition coefficient (Wildman–Crippen LogP) is 1.04. The van der Waals surface area contributed by atoms with Crippen LogP contribution in [0.15, 0.2) is 53.4 Å². The van der Waals surface area contributed by atoms with Gasteiger partial charge in [-0.1, -0.05) is 12.1 Å². The van der Waals surface area contributed by atoms with Crippen LogP contribution in [-0.2, 0) is 19.6 Å². The molecule has 0 saturated carbocycles. The smallest absolute Gasteiger partial charge is 0.264 e. The number of rotatable bonds is 7. The molecule has 0 radical (unpaired) electrons. The molecule has 0 aromatic heterocycles. The average Bonchev–Trinajstić information content (AvgIpc) is 2.82. The number of nitrogens with one attached hydrogen (secondary N) is 1. The quantitative estimate of drug-likeness (QED) is 0.632. The second-order valence-electron chi connectivity index (χ2n) is 6.99. The first-order valence-electron chi connectivity index (χ1n) is 10.0. The lowest BCUT2D eigenvalue weighted by molar-refractivity contribution is -0.130. The van der Waals surface area contributed by atoms with Crippen molar-refractivity contribution in [3.63, 3.8) is 0 Å². The summed E-state index contributed by atoms with van der Waals surface area (Å²) in [5.41, 5.74) is 0. The van der Waals surface area contributed by atoms with E-state index in [1.165, 1.54) is 16.4 Å². The zero-order valence-electron chi connectivity index (χ0n) is 16.9. The highest BCUT2D eigenvalue weighted by atomic mass is 32.2. The number of hydrogen-bond donors (Lipinski definition) is 1. The van der Waals surface area contributed by atoms with Crippen molar-refractivity contribution < 1.29 is 32.2 Å². The Balaban J connectivity index is 1.23. The van der Waals surface area contributed by atoms with Crippen LogP contribution in [0.2, 0.25) is 0 Å². The molecule has 10 heteroatoms. The van der Waals surface area contributed by atoms with Crippen LogP contribution in [0.4, 0.5) is 0 Å². The fourth-order valence-corrected chi connectivity index (χ4v) is 4.66. The van der Waals surface area contributed by atoms with Crippen molar-refractivity contribution in [2.75, 3.05) is 46.1 Å². The molecule has 166 valence electrons. The summed E-state index contributed by atoms with van der Waals surface area (Å²) in [7, 11) is -3.53. The summed E-state index contributed by atoms with van der Waals surface area (Å²) < 4.78 is 48.7. The number of morpholine rings is 1. The summed E-state index contributed by atoms with van der Waals surface area (Å²) in [5.74, 6) is 1.39. The van der Waals surface area contributed by atoms with Crippen molar-refractivity contribution in [3.05, 3.63) is 48.5 Å². The maximum Gasteiger partial charge on any atom is 0.264 e. The van der Waals surface area contributed by atoms with Crippen molar-refractivity contribution in [3.8, 4) is 17.2 Å². The van der Waals surface area contributed by atoms with E-state index in [4.69, 9.17) is 18.9 Å². The first-order valence-corrected chi connectivity index (χ1v) is 11.4. The Morgan fingerprint density at radius 2 is 1.77 bits per heavy atom. The van der Waals surface area contributed by atoms with Crippen molar-refractivity contribution in [2.24, 2.45) is 0 Å². The van der Waals surface area contributed by atoms with Gasteiger partial charge in [-0.25, -0.2) is 8.42 Å². The molecule has 2 aliphatic heterocycles. The Morgan fingerprint density at radius 3 is 2.52 bits per heavy atom. The topological polar surface area (TPSA) is 103 Å². The highest BCUT2D eigenvalue weighted by molar-refractivity contribution is 7.89. The third-order valence-corrected chi connectivity index (χ3v) is 6.82. The number of carbonyl (C=O) groups excluding carboxylic acids is 1. The van der Waals surface area contributed by atoms with Gasteiger partial charge in [-0.05, 0) is 36.4 Å². The van der Waals surface area contributed by atoms with E-state index in [1.54, 1.807) is 24.3 Å². The van der Waals surface area contributed by atoms with Crippen LogP contribution in [0.1, 0.15) is 0 Å². The molecule has 1 amide bonds. The number of hydrogen-bond acceptors (Lipinski definition) is 7. The maximum absolute atomic E-state index is 12.6. The van der Waals surface area contributed by atoms with Gasteiger partial charge in [0, 0.05) is 13.1 Å². The fraction of sp³-hybridized carbons (Fsp3) is 0.381. The van der Waals surface area contributed by atoms with Crippen LogP contribution in [0, 0.1) is 0 Å². The Bertz CT molecular complexity index is 1000. The van der Waals surface area contributed by atoms with Crippen molar-refractivity contribution in [1.29, 1.82) is 0 Å². The van der Waals surface area contributed by atoms with E-state index in [0.717, 1.165) is 0 Å². The van der Waals surface area contributed by atoms with E-state index in [2.05, 4.69) is 5.32 Å². The average molecular weight is 448 g/mol. The first kappa shape index (κ1) is 21.4. The number of nitrogens with zero attached hydrogens (tertiary/aromatic N) is 1. The summed E-state index contributed by atoms with van der Waals surface area (Å²) in [5, 5.41) is 2.75. The maximum atomic E-state index is 12.6. The molecule has 0 spiro atoms. The number of ether oxygens (including phenoxy) is 4. The number of fused-ring (bicyclic) bond motifs is 1. The molecular formula is C21H24N2O7S. The van der Waals surface area contributed by atoms with E-state index >= 15 is 0 Å². The van der Waals surface area contributed by atoms with E-state index in [9.17, 15) is 13.2 Å². The Kier molecular flexibility index (Phi) is 6.59. The largest absolute Gasteiger partial charge is 0.492 e. The van der Waals surface area contributed by atoms with Crippen LogP contribution in [-0.4, -0.2) is 70.8 Å². The standard InChI is InChI=1S/C21H24N2O7S/c24-21(20-15-29-18-3-1-2-4-19(18)30-20)22-9-12-28-16-5-7-17(8-6-16)31(25,26)23-10-13-27-14-11-23/h1-8,20H,9-15H2,(H,22,24). The van der Waals surface area contributed by atoms with Gasteiger partial charge in [-0.2, -0.15) is 4.31 Å². The third-order valence-electron chi connectivity index (χ3n) is 4.90. The van der Waals surface area contributed by atoms with Crippen LogP contribution in [0.3, 0.4) is 0 Å². The lowest BCUT2D eigenvalue weighted by Crippen LogP contribution is -2.45. The van der Waals surface area contributed by atoms with Gasteiger partial charge in [0.2, 0.25) is 16.1 Å². The van der Waals surface area contributed by atoms with E-state index in [0.29, 0.717) is 43.6 Å². The monoisotopic (exact) mass is 448 g/mol. The second-order valence-corrected chi connectivity index (χ2v) is 8.93. The summed E-state index contributed by atoms with van der Waals surface area (Å²) in [6.07, 6.45) is -0.723. The lowest BCUT2D eigenvalue weighted by atomic mass is 10.2. The van der Waals surface area contributed by atoms with Gasteiger partial charge in [0.15, 0.2) is 11.5 Å². The number of benzene rings is 2. The van der Waals surface area contributed by atoms with Crippen LogP contribution >= 0.6 is 0 Å². The van der Waals surface area contributed by atoms with Crippen molar-refractivity contribution in [2.45, 2.75) is 11.0 Å². The van der Waals surface area contributed by atoms with Gasteiger partial charge in [-0.3, -0.25) is 4.79 Å². The molecule has 0 bridgehead atoms. The molecule has 31 heavy (non-hydrogen) atoms. The Labute approximate surface area is 180 Å². The summed E-state index contributed by atoms with van der Waals surface area (Å²) >= 11 is 0. The fourth-order valence-electron chi connectivity index (χ4n) is 3.25. The molecule has 1 atom stereocenters. The molecule has 1 unspecified atom stereocenters. The molecule has 1 N–H and O–H groups in total. The molecule has 2 aromatic rings. The molecule has 1 fully saturated rings. The summed E-state index contributed by atoms with van der Waals surface area (Å²) in [6.45, 7) is 2.14. The van der Waals surface area contributed by atoms with E-state index in [1.807, 2.05) is 12.1 Å². The lowest BCUT2D eigenvalue weighted by Gasteiger charge is -2.26. The molecule has 2 heterocycles. The van der Waals surface area contributed by atoms with Gasteiger partial charge in [0.25, 0.3) is 5.91 Å². The van der Waals surface area contributed by atoms with Gasteiger partial charge in [0.05, 0.1) is 24.7 Å². The zero-order chi connectivity index (χ0) is 21.7. The van der Waals surface area contributed by atoms with E-state index < -0.39 is 16.1 Å². The van der Waals surface area contributed by atoms with Crippen molar-refractivity contribution >= 4 is 15.9 Å². The summed E-state index contributed by atoms with van der Waals surface area (Å²) in [6, 6.07) is 13.4. The van der Waals surface area contributed by atoms with E-state index in [-0.39, 0.29) is 30.6 Å².